The molecule has 1 N–H and O–H groups in total. The predicted molar refractivity (Wildman–Crippen MR) is 138 cm³/mol. The Morgan fingerprint density at radius 1 is 1.17 bits per heavy atom. The second-order valence-electron chi connectivity index (χ2n) is 10.2. The minimum atomic E-state index is -0.299. The Balaban J connectivity index is 1.26. The summed E-state index contributed by atoms with van der Waals surface area (Å²) in [4.78, 5) is 44.2. The number of hydrogen-bond donors (Lipinski definition) is 1. The summed E-state index contributed by atoms with van der Waals surface area (Å²) in [6.45, 7) is 9.18. The molecule has 2 saturated heterocycles. The summed E-state index contributed by atoms with van der Waals surface area (Å²) in [5.74, 6) is 1.62. The third-order valence-corrected chi connectivity index (χ3v) is 6.72. The first-order valence-corrected chi connectivity index (χ1v) is 12.7. The Kier molecular flexibility index (Phi) is 8.07. The second-order valence-corrected chi connectivity index (χ2v) is 10.2. The lowest BCUT2D eigenvalue weighted by atomic mass is 10.1. The van der Waals surface area contributed by atoms with Crippen molar-refractivity contribution in [3.05, 3.63) is 24.3 Å². The highest BCUT2D eigenvalue weighted by atomic mass is 16.6. The number of fused-ring (bicyclic) bond motifs is 1. The number of amides is 2. The molecule has 2 fully saturated rings. The predicted octanol–water partition coefficient (Wildman–Crippen LogP) is 2.45. The third kappa shape index (κ3) is 5.95. The summed E-state index contributed by atoms with van der Waals surface area (Å²) >= 11 is 0. The van der Waals surface area contributed by atoms with Crippen LogP contribution in [-0.4, -0.2) is 105 Å². The van der Waals surface area contributed by atoms with Crippen molar-refractivity contribution in [2.45, 2.75) is 58.2 Å². The molecule has 1 atom stereocenters. The van der Waals surface area contributed by atoms with E-state index in [1.807, 2.05) is 32.0 Å². The van der Waals surface area contributed by atoms with E-state index in [4.69, 9.17) is 9.72 Å². The first-order valence-electron chi connectivity index (χ1n) is 12.7. The largest absolute Gasteiger partial charge is 0.444 e. The number of likely N-dealkylation sites (N-methyl/N-ethyl adjacent to an activating group) is 1. The molecule has 196 valence electrons. The van der Waals surface area contributed by atoms with Crippen LogP contribution in [0.3, 0.4) is 0 Å². The normalized spacial score (nSPS) is 19.2. The van der Waals surface area contributed by atoms with Crippen molar-refractivity contribution < 1.29 is 14.3 Å². The average Bonchev–Trinajstić information content (AvgIpc) is 3.43. The third-order valence-electron chi connectivity index (χ3n) is 6.72. The van der Waals surface area contributed by atoms with Crippen LogP contribution in [0.15, 0.2) is 18.5 Å². The number of ether oxygens (including phenoxy) is 1. The van der Waals surface area contributed by atoms with Crippen LogP contribution >= 0.6 is 0 Å². The van der Waals surface area contributed by atoms with E-state index in [0.717, 1.165) is 35.6 Å². The van der Waals surface area contributed by atoms with Crippen LogP contribution in [0.1, 0.15) is 45.0 Å². The van der Waals surface area contributed by atoms with Crippen LogP contribution in [0, 0.1) is 6.92 Å². The fourth-order valence-corrected chi connectivity index (χ4v) is 4.85. The fourth-order valence-electron chi connectivity index (χ4n) is 4.85. The quantitative estimate of drug-likeness (QED) is 0.580. The van der Waals surface area contributed by atoms with Gasteiger partial charge in [-0.15, -0.1) is 0 Å². The smallest absolute Gasteiger partial charge is 0.410 e. The summed E-state index contributed by atoms with van der Waals surface area (Å²) in [6.07, 6.45) is 6.71. The topological polar surface area (TPSA) is 109 Å². The SMILES string of the molecule is Cc1nc2c(NC3CCN(C(=O)O[C@H]4CCN(C(=O)/C=C/CN(C)C)C4)CC3)ncnc2n1C(C)C. The van der Waals surface area contributed by atoms with E-state index >= 15 is 0 Å². The molecular formula is C25H38N8O3. The van der Waals surface area contributed by atoms with E-state index in [0.29, 0.717) is 39.1 Å². The molecule has 0 aliphatic carbocycles. The number of anilines is 1. The molecule has 2 aromatic rings. The molecule has 2 aliphatic heterocycles. The van der Waals surface area contributed by atoms with Gasteiger partial charge in [0.2, 0.25) is 5.91 Å². The molecule has 0 saturated carbocycles. The van der Waals surface area contributed by atoms with E-state index in [2.05, 4.69) is 33.7 Å². The first-order chi connectivity index (χ1) is 17.2. The number of piperidine rings is 1. The molecule has 4 heterocycles. The minimum Gasteiger partial charge on any atom is -0.444 e. The van der Waals surface area contributed by atoms with Gasteiger partial charge in [-0.2, -0.15) is 0 Å². The first kappa shape index (κ1) is 25.9. The number of hydrogen-bond acceptors (Lipinski definition) is 8. The van der Waals surface area contributed by atoms with Crippen molar-refractivity contribution in [3.8, 4) is 0 Å². The van der Waals surface area contributed by atoms with Crippen molar-refractivity contribution in [2.75, 3.05) is 52.1 Å². The van der Waals surface area contributed by atoms with Crippen LogP contribution in [0.4, 0.5) is 10.6 Å². The Bertz CT molecular complexity index is 1100. The summed E-state index contributed by atoms with van der Waals surface area (Å²) in [7, 11) is 3.91. The number of nitrogens with zero attached hydrogens (tertiary/aromatic N) is 7. The van der Waals surface area contributed by atoms with Gasteiger partial charge >= 0.3 is 6.09 Å². The second kappa shape index (κ2) is 11.2. The van der Waals surface area contributed by atoms with Gasteiger partial charge in [-0.25, -0.2) is 19.7 Å². The maximum atomic E-state index is 12.7. The molecule has 36 heavy (non-hydrogen) atoms. The van der Waals surface area contributed by atoms with E-state index in [1.54, 1.807) is 22.2 Å². The number of carbonyl (C=O) groups is 2. The Morgan fingerprint density at radius 2 is 1.89 bits per heavy atom. The van der Waals surface area contributed by atoms with Gasteiger partial charge in [-0.1, -0.05) is 6.08 Å². The molecule has 2 amide bonds. The number of likely N-dealkylation sites (tertiary alicyclic amines) is 2. The van der Waals surface area contributed by atoms with Crippen LogP contribution in [-0.2, 0) is 9.53 Å². The molecule has 4 rings (SSSR count). The lowest BCUT2D eigenvalue weighted by molar-refractivity contribution is -0.125. The average molecular weight is 499 g/mol. The van der Waals surface area contributed by atoms with Crippen molar-refractivity contribution in [1.82, 2.24) is 34.2 Å². The molecule has 11 heteroatoms. The molecule has 2 aliphatic rings. The molecule has 0 spiro atoms. The van der Waals surface area contributed by atoms with Crippen molar-refractivity contribution in [3.63, 3.8) is 0 Å². The van der Waals surface area contributed by atoms with E-state index in [9.17, 15) is 9.59 Å². The number of imidazole rings is 1. The molecule has 2 aromatic heterocycles. The van der Waals surface area contributed by atoms with Gasteiger partial charge in [0.05, 0.1) is 6.54 Å². The fraction of sp³-hybridized carbons (Fsp3) is 0.640. The molecule has 11 nitrogen and oxygen atoms in total. The highest BCUT2D eigenvalue weighted by molar-refractivity contribution is 5.88. The summed E-state index contributed by atoms with van der Waals surface area (Å²) in [5.41, 5.74) is 1.61. The van der Waals surface area contributed by atoms with Crippen LogP contribution in [0.25, 0.3) is 11.2 Å². The maximum absolute atomic E-state index is 12.7. The van der Waals surface area contributed by atoms with Crippen LogP contribution in [0.2, 0.25) is 0 Å². The molecular weight excluding hydrogens is 460 g/mol. The Hall–Kier alpha value is -3.21. The van der Waals surface area contributed by atoms with Crippen molar-refractivity contribution in [1.29, 1.82) is 0 Å². The lowest BCUT2D eigenvalue weighted by Gasteiger charge is -2.32. The van der Waals surface area contributed by atoms with E-state index in [1.165, 1.54) is 0 Å². The zero-order valence-corrected chi connectivity index (χ0v) is 22.0. The van der Waals surface area contributed by atoms with Crippen LogP contribution in [0.5, 0.6) is 0 Å². The minimum absolute atomic E-state index is 0.0328. The van der Waals surface area contributed by atoms with E-state index < -0.39 is 0 Å². The highest BCUT2D eigenvalue weighted by Gasteiger charge is 2.31. The van der Waals surface area contributed by atoms with Gasteiger partial charge in [-0.3, -0.25) is 4.79 Å². The number of rotatable bonds is 7. The number of carbonyl (C=O) groups excluding carboxylic acids is 2. The Morgan fingerprint density at radius 3 is 2.58 bits per heavy atom. The lowest BCUT2D eigenvalue weighted by Crippen LogP contribution is -2.44. The molecule has 0 aromatic carbocycles. The number of aromatic nitrogens is 4. The van der Waals surface area contributed by atoms with Gasteiger partial charge in [0, 0.05) is 50.8 Å². The van der Waals surface area contributed by atoms with Gasteiger partial charge in [0.15, 0.2) is 17.0 Å². The van der Waals surface area contributed by atoms with E-state index in [-0.39, 0.29) is 30.2 Å². The molecule has 0 unspecified atom stereocenters. The molecule has 0 bridgehead atoms. The summed E-state index contributed by atoms with van der Waals surface area (Å²) in [5, 5.41) is 3.52. The van der Waals surface area contributed by atoms with Gasteiger partial charge in [0.25, 0.3) is 0 Å². The maximum Gasteiger partial charge on any atom is 0.410 e. The van der Waals surface area contributed by atoms with Crippen molar-refractivity contribution in [2.24, 2.45) is 0 Å². The number of nitrogens with one attached hydrogen (secondary N) is 1. The van der Waals surface area contributed by atoms with Gasteiger partial charge < -0.3 is 29.3 Å². The zero-order chi connectivity index (χ0) is 25.8. The summed E-state index contributed by atoms with van der Waals surface area (Å²) in [6, 6.07) is 0.446. The van der Waals surface area contributed by atoms with Crippen molar-refractivity contribution >= 4 is 29.0 Å². The van der Waals surface area contributed by atoms with Crippen LogP contribution < -0.4 is 5.32 Å². The zero-order valence-electron chi connectivity index (χ0n) is 22.0. The number of aryl methyl sites for hydroxylation is 1. The highest BCUT2D eigenvalue weighted by Crippen LogP contribution is 2.25. The van der Waals surface area contributed by atoms with Gasteiger partial charge in [0.1, 0.15) is 18.3 Å². The molecule has 0 radical (unpaired) electrons. The standard InChI is InChI=1S/C25H38N8O3/c1-17(2)33-18(3)28-22-23(26-16-27-24(22)33)29-19-8-12-31(13-9-19)25(35)36-20-10-14-32(15-20)21(34)7-6-11-30(4)5/h6-7,16-17,19-20H,8-15H2,1-5H3,(H,26,27,29)/b7-6+/t20-/m0/s1. The Labute approximate surface area is 212 Å². The van der Waals surface area contributed by atoms with Gasteiger partial charge in [-0.05, 0) is 47.7 Å². The monoisotopic (exact) mass is 498 g/mol. The summed E-state index contributed by atoms with van der Waals surface area (Å²) < 4.78 is 7.84.